The van der Waals surface area contributed by atoms with Crippen molar-refractivity contribution in [1.82, 2.24) is 0 Å². The van der Waals surface area contributed by atoms with Gasteiger partial charge in [-0.3, -0.25) is 4.79 Å². The van der Waals surface area contributed by atoms with Crippen molar-refractivity contribution in [2.45, 2.75) is 42.6 Å². The van der Waals surface area contributed by atoms with Gasteiger partial charge in [0.2, 0.25) is 0 Å². The van der Waals surface area contributed by atoms with E-state index in [1.807, 2.05) is 0 Å². The van der Waals surface area contributed by atoms with Gasteiger partial charge in [-0.2, -0.15) is 0 Å². The molecule has 1 saturated carbocycles. The van der Waals surface area contributed by atoms with Crippen LogP contribution in [0.25, 0.3) is 0 Å². The van der Waals surface area contributed by atoms with Crippen molar-refractivity contribution in [2.75, 3.05) is 0 Å². The molecule has 5 heteroatoms. The van der Waals surface area contributed by atoms with E-state index in [1.165, 1.54) is 19.3 Å². The summed E-state index contributed by atoms with van der Waals surface area (Å²) in [6.45, 7) is 0. The van der Waals surface area contributed by atoms with Gasteiger partial charge in [0, 0.05) is 5.25 Å². The van der Waals surface area contributed by atoms with Crippen LogP contribution in [-0.4, -0.2) is 16.3 Å². The van der Waals surface area contributed by atoms with E-state index in [2.05, 4.69) is 0 Å². The Balaban J connectivity index is 2.14. The highest BCUT2D eigenvalue weighted by molar-refractivity contribution is 8.00. The van der Waals surface area contributed by atoms with Gasteiger partial charge in [-0.15, -0.1) is 11.8 Å². The lowest BCUT2D eigenvalue weighted by molar-refractivity contribution is -0.136. The molecule has 0 saturated heterocycles. The topological polar surface area (TPSA) is 37.3 Å². The van der Waals surface area contributed by atoms with E-state index in [4.69, 9.17) is 23.2 Å². The van der Waals surface area contributed by atoms with Crippen molar-refractivity contribution >= 4 is 40.9 Å². The van der Waals surface area contributed by atoms with Crippen LogP contribution < -0.4 is 0 Å². The van der Waals surface area contributed by atoms with Crippen LogP contribution in [0.1, 0.15) is 42.9 Å². The number of thioether (sulfide) groups is 1. The fourth-order valence-corrected chi connectivity index (χ4v) is 4.07. The number of halogens is 2. The molecule has 1 aromatic rings. The maximum atomic E-state index is 11.5. The summed E-state index contributed by atoms with van der Waals surface area (Å²) in [6.07, 6.45) is 5.88. The summed E-state index contributed by atoms with van der Waals surface area (Å²) in [5.74, 6) is -0.811. The fraction of sp³-hybridized carbons (Fsp3) is 0.500. The van der Waals surface area contributed by atoms with Crippen LogP contribution in [0.3, 0.4) is 0 Å². The molecular formula is C14H16Cl2O2S. The molecule has 0 bridgehead atoms. The van der Waals surface area contributed by atoms with Crippen molar-refractivity contribution in [3.05, 3.63) is 33.8 Å². The zero-order valence-electron chi connectivity index (χ0n) is 10.4. The van der Waals surface area contributed by atoms with Gasteiger partial charge in [0.25, 0.3) is 0 Å². The number of aliphatic carboxylic acids is 1. The Bertz CT molecular complexity index is 459. The van der Waals surface area contributed by atoms with Crippen LogP contribution in [0.5, 0.6) is 0 Å². The van der Waals surface area contributed by atoms with Crippen LogP contribution in [0.2, 0.25) is 10.0 Å². The lowest BCUT2D eigenvalue weighted by atomic mass is 10.0. The number of hydrogen-bond donors (Lipinski definition) is 1. The summed E-state index contributed by atoms with van der Waals surface area (Å²) >= 11 is 13.4. The Morgan fingerprint density at radius 3 is 2.47 bits per heavy atom. The lowest BCUT2D eigenvalue weighted by Gasteiger charge is -2.24. The second kappa shape index (κ2) is 6.87. The summed E-state index contributed by atoms with van der Waals surface area (Å²) in [7, 11) is 0. The SMILES string of the molecule is O=C(O)[C@H](SC1CCCCC1)c1ccc(Cl)c(Cl)c1. The van der Waals surface area contributed by atoms with E-state index in [0.29, 0.717) is 15.3 Å². The second-order valence-corrected chi connectivity index (χ2v) is 7.01. The molecule has 0 unspecified atom stereocenters. The standard InChI is InChI=1S/C14H16Cl2O2S/c15-11-7-6-9(8-12(11)16)13(14(17)18)19-10-4-2-1-3-5-10/h6-8,10,13H,1-5H2,(H,17,18)/t13-/m1/s1. The molecule has 1 N–H and O–H groups in total. The molecule has 1 aliphatic rings. The third-order valence-electron chi connectivity index (χ3n) is 3.35. The quantitative estimate of drug-likeness (QED) is 0.830. The zero-order valence-corrected chi connectivity index (χ0v) is 12.8. The number of benzene rings is 1. The highest BCUT2D eigenvalue weighted by Gasteiger charge is 2.26. The summed E-state index contributed by atoms with van der Waals surface area (Å²) in [5.41, 5.74) is 0.720. The van der Waals surface area contributed by atoms with Gasteiger partial charge in [-0.05, 0) is 30.5 Å². The molecule has 0 aliphatic heterocycles. The molecule has 1 aromatic carbocycles. The van der Waals surface area contributed by atoms with Gasteiger partial charge in [-0.1, -0.05) is 48.5 Å². The maximum Gasteiger partial charge on any atom is 0.321 e. The lowest BCUT2D eigenvalue weighted by Crippen LogP contribution is -2.15. The second-order valence-electron chi connectivity index (χ2n) is 4.79. The van der Waals surface area contributed by atoms with E-state index in [-0.39, 0.29) is 0 Å². The molecule has 1 atom stereocenters. The van der Waals surface area contributed by atoms with E-state index >= 15 is 0 Å². The third-order valence-corrected chi connectivity index (χ3v) is 5.69. The third kappa shape index (κ3) is 4.04. The van der Waals surface area contributed by atoms with Crippen molar-refractivity contribution in [1.29, 1.82) is 0 Å². The Hall–Kier alpha value is -0.380. The Kier molecular flexibility index (Phi) is 5.43. The first-order valence-corrected chi connectivity index (χ1v) is 8.11. The molecule has 1 fully saturated rings. The minimum absolute atomic E-state index is 0.412. The molecule has 0 spiro atoms. The van der Waals surface area contributed by atoms with Crippen LogP contribution in [0, 0.1) is 0 Å². The van der Waals surface area contributed by atoms with Gasteiger partial charge in [0.15, 0.2) is 0 Å². The molecule has 0 heterocycles. The van der Waals surface area contributed by atoms with Gasteiger partial charge >= 0.3 is 5.97 Å². The van der Waals surface area contributed by atoms with Crippen LogP contribution >= 0.6 is 35.0 Å². The first-order valence-electron chi connectivity index (χ1n) is 6.41. The van der Waals surface area contributed by atoms with E-state index in [0.717, 1.165) is 18.4 Å². The normalized spacial score (nSPS) is 18.2. The smallest absolute Gasteiger partial charge is 0.321 e. The zero-order chi connectivity index (χ0) is 13.8. The van der Waals surface area contributed by atoms with Gasteiger partial charge in [0.05, 0.1) is 10.0 Å². The molecule has 2 nitrogen and oxygen atoms in total. The first-order chi connectivity index (χ1) is 9.08. The molecule has 19 heavy (non-hydrogen) atoms. The number of carbonyl (C=O) groups is 1. The van der Waals surface area contributed by atoms with Crippen LogP contribution in [0.15, 0.2) is 18.2 Å². The largest absolute Gasteiger partial charge is 0.480 e. The molecule has 104 valence electrons. The van der Waals surface area contributed by atoms with E-state index in [9.17, 15) is 9.90 Å². The van der Waals surface area contributed by atoms with E-state index in [1.54, 1.807) is 30.0 Å². The fourth-order valence-electron chi connectivity index (χ4n) is 2.35. The monoisotopic (exact) mass is 318 g/mol. The molecule has 0 radical (unpaired) electrons. The molecule has 0 amide bonds. The highest BCUT2D eigenvalue weighted by atomic mass is 35.5. The summed E-state index contributed by atoms with van der Waals surface area (Å²) in [4.78, 5) is 11.5. The summed E-state index contributed by atoms with van der Waals surface area (Å²) in [6, 6.07) is 5.08. The minimum atomic E-state index is -0.811. The molecule has 2 rings (SSSR count). The average molecular weight is 319 g/mol. The van der Waals surface area contributed by atoms with Crippen LogP contribution in [0.4, 0.5) is 0 Å². The number of carboxylic acids is 1. The average Bonchev–Trinajstić information content (AvgIpc) is 2.40. The minimum Gasteiger partial charge on any atom is -0.480 e. The summed E-state index contributed by atoms with van der Waals surface area (Å²) in [5, 5.41) is 10.2. The number of hydrogen-bond acceptors (Lipinski definition) is 2. The van der Waals surface area contributed by atoms with Gasteiger partial charge in [0.1, 0.15) is 5.25 Å². The highest BCUT2D eigenvalue weighted by Crippen LogP contribution is 2.40. The maximum absolute atomic E-state index is 11.5. The Morgan fingerprint density at radius 2 is 1.89 bits per heavy atom. The molecular weight excluding hydrogens is 303 g/mol. The predicted octanol–water partition coefficient (Wildman–Crippen LogP) is 5.19. The van der Waals surface area contributed by atoms with Gasteiger partial charge < -0.3 is 5.11 Å². The molecule has 1 aliphatic carbocycles. The van der Waals surface area contributed by atoms with Gasteiger partial charge in [-0.25, -0.2) is 0 Å². The number of rotatable bonds is 4. The van der Waals surface area contributed by atoms with Crippen molar-refractivity contribution in [3.63, 3.8) is 0 Å². The molecule has 0 aromatic heterocycles. The number of carboxylic acid groups (broad SMARTS) is 1. The summed E-state index contributed by atoms with van der Waals surface area (Å²) < 4.78 is 0. The van der Waals surface area contributed by atoms with Crippen molar-refractivity contribution in [3.8, 4) is 0 Å². The Morgan fingerprint density at radius 1 is 1.21 bits per heavy atom. The van der Waals surface area contributed by atoms with E-state index < -0.39 is 11.2 Å². The predicted molar refractivity (Wildman–Crippen MR) is 81.3 cm³/mol. The van der Waals surface area contributed by atoms with Crippen molar-refractivity contribution < 1.29 is 9.90 Å². The Labute approximate surface area is 127 Å². The van der Waals surface area contributed by atoms with Crippen LogP contribution in [-0.2, 0) is 4.79 Å². The van der Waals surface area contributed by atoms with Crippen molar-refractivity contribution in [2.24, 2.45) is 0 Å². The first kappa shape index (κ1) is 15.0.